The molecule has 0 fully saturated rings. The summed E-state index contributed by atoms with van der Waals surface area (Å²) in [5.74, 6) is -0.814. The summed E-state index contributed by atoms with van der Waals surface area (Å²) < 4.78 is 5.31. The maximum atomic E-state index is 10.9. The molecule has 0 spiro atoms. The van der Waals surface area contributed by atoms with Gasteiger partial charge in [-0.15, -0.1) is 0 Å². The van der Waals surface area contributed by atoms with Crippen LogP contribution >= 0.6 is 0 Å². The smallest absolute Gasteiger partial charge is 0.373 e. The molecule has 2 rings (SSSR count). The van der Waals surface area contributed by atoms with Gasteiger partial charge in [0.15, 0.2) is 0 Å². The molecular weight excluding hydrogens is 218 g/mol. The van der Waals surface area contributed by atoms with Crippen LogP contribution in [0.5, 0.6) is 0 Å². The second-order valence-corrected chi connectivity index (χ2v) is 4.01. The van der Waals surface area contributed by atoms with E-state index >= 15 is 0 Å². The summed E-state index contributed by atoms with van der Waals surface area (Å²) in [5, 5.41) is 8.93. The van der Waals surface area contributed by atoms with Crippen molar-refractivity contribution in [2.75, 3.05) is 0 Å². The Balaban J connectivity index is 2.62. The minimum absolute atomic E-state index is 0.0948. The number of aromatic nitrogens is 1. The fourth-order valence-electron chi connectivity index (χ4n) is 1.85. The van der Waals surface area contributed by atoms with Gasteiger partial charge in [0.05, 0.1) is 5.69 Å². The summed E-state index contributed by atoms with van der Waals surface area (Å²) in [4.78, 5) is 15.1. The molecule has 1 N–H and O–H groups in total. The van der Waals surface area contributed by atoms with Crippen LogP contribution in [0, 0.1) is 20.8 Å². The van der Waals surface area contributed by atoms with Crippen LogP contribution in [-0.2, 0) is 0 Å². The average Bonchev–Trinajstić information content (AvgIpc) is 2.60. The number of benzene rings is 1. The molecule has 0 saturated carbocycles. The predicted octanol–water partition coefficient (Wildman–Crippen LogP) is 2.97. The third-order valence-corrected chi connectivity index (χ3v) is 2.69. The lowest BCUT2D eigenvalue weighted by atomic mass is 10.0. The number of carbonyl (C=O) groups is 1. The summed E-state index contributed by atoms with van der Waals surface area (Å²) in [6.07, 6.45) is 0. The number of nitrogens with zero attached hydrogens (tertiary/aromatic N) is 1. The molecular formula is C13H13NO3. The molecule has 0 bridgehead atoms. The standard InChI is InChI=1S/C13H13NO3/c1-7-5-4-6-8(2)10(7)12-14-9(3)11(17-12)13(15)16/h4-6H,1-3H3,(H,15,16). The van der Waals surface area contributed by atoms with Gasteiger partial charge in [0.25, 0.3) is 0 Å². The van der Waals surface area contributed by atoms with Crippen molar-refractivity contribution in [3.63, 3.8) is 0 Å². The first kappa shape index (κ1) is 11.4. The van der Waals surface area contributed by atoms with Crippen LogP contribution < -0.4 is 0 Å². The maximum Gasteiger partial charge on any atom is 0.373 e. The Kier molecular flexibility index (Phi) is 2.71. The highest BCUT2D eigenvalue weighted by Gasteiger charge is 2.19. The van der Waals surface area contributed by atoms with Crippen LogP contribution in [-0.4, -0.2) is 16.1 Å². The van der Waals surface area contributed by atoms with Gasteiger partial charge in [-0.25, -0.2) is 9.78 Å². The first-order chi connectivity index (χ1) is 8.00. The van der Waals surface area contributed by atoms with Gasteiger partial charge >= 0.3 is 5.97 Å². The van der Waals surface area contributed by atoms with Crippen LogP contribution in [0.4, 0.5) is 0 Å². The van der Waals surface area contributed by atoms with Crippen LogP contribution in [0.2, 0.25) is 0 Å². The molecule has 1 heterocycles. The largest absolute Gasteiger partial charge is 0.475 e. The Bertz CT molecular complexity index is 564. The minimum Gasteiger partial charge on any atom is -0.475 e. The second kappa shape index (κ2) is 4.05. The monoisotopic (exact) mass is 231 g/mol. The van der Waals surface area contributed by atoms with E-state index in [1.807, 2.05) is 32.0 Å². The van der Waals surface area contributed by atoms with E-state index in [-0.39, 0.29) is 5.76 Å². The van der Waals surface area contributed by atoms with E-state index in [2.05, 4.69) is 4.98 Å². The number of oxazole rings is 1. The molecule has 0 atom stereocenters. The first-order valence-corrected chi connectivity index (χ1v) is 5.28. The third kappa shape index (κ3) is 1.93. The summed E-state index contributed by atoms with van der Waals surface area (Å²) in [5.41, 5.74) is 3.30. The van der Waals surface area contributed by atoms with Gasteiger partial charge in [-0.3, -0.25) is 0 Å². The molecule has 0 aliphatic carbocycles. The molecule has 17 heavy (non-hydrogen) atoms. The molecule has 0 unspecified atom stereocenters. The van der Waals surface area contributed by atoms with Gasteiger partial charge in [0.1, 0.15) is 0 Å². The molecule has 1 aromatic carbocycles. The van der Waals surface area contributed by atoms with E-state index in [1.54, 1.807) is 6.92 Å². The summed E-state index contributed by atoms with van der Waals surface area (Å²) >= 11 is 0. The number of carboxylic acids is 1. The highest BCUT2D eigenvalue weighted by Crippen LogP contribution is 2.28. The van der Waals surface area contributed by atoms with Crippen molar-refractivity contribution >= 4 is 5.97 Å². The maximum absolute atomic E-state index is 10.9. The number of aromatic carboxylic acids is 1. The normalized spacial score (nSPS) is 10.5. The second-order valence-electron chi connectivity index (χ2n) is 4.01. The minimum atomic E-state index is -1.09. The van der Waals surface area contributed by atoms with Gasteiger partial charge in [-0.2, -0.15) is 0 Å². The van der Waals surface area contributed by atoms with E-state index in [9.17, 15) is 4.79 Å². The highest BCUT2D eigenvalue weighted by atomic mass is 16.4. The zero-order valence-corrected chi connectivity index (χ0v) is 9.94. The van der Waals surface area contributed by atoms with E-state index in [0.717, 1.165) is 16.7 Å². The van der Waals surface area contributed by atoms with Gasteiger partial charge in [0.2, 0.25) is 11.7 Å². The summed E-state index contributed by atoms with van der Waals surface area (Å²) in [6.45, 7) is 5.52. The van der Waals surface area contributed by atoms with Gasteiger partial charge in [0, 0.05) is 5.56 Å². The molecule has 0 radical (unpaired) electrons. The van der Waals surface area contributed by atoms with Crippen molar-refractivity contribution in [1.29, 1.82) is 0 Å². The van der Waals surface area contributed by atoms with Crippen molar-refractivity contribution in [1.82, 2.24) is 4.98 Å². The van der Waals surface area contributed by atoms with Crippen molar-refractivity contribution in [3.8, 4) is 11.5 Å². The Labute approximate surface area is 98.9 Å². The topological polar surface area (TPSA) is 63.3 Å². The Morgan fingerprint density at radius 3 is 2.29 bits per heavy atom. The molecule has 0 aliphatic heterocycles. The Morgan fingerprint density at radius 2 is 1.82 bits per heavy atom. The SMILES string of the molecule is Cc1cccc(C)c1-c1nc(C)c(C(=O)O)o1. The first-order valence-electron chi connectivity index (χ1n) is 5.28. The molecule has 4 nitrogen and oxygen atoms in total. The van der Waals surface area contributed by atoms with E-state index in [4.69, 9.17) is 9.52 Å². The number of carboxylic acid groups (broad SMARTS) is 1. The van der Waals surface area contributed by atoms with E-state index in [1.165, 1.54) is 0 Å². The number of aryl methyl sites for hydroxylation is 3. The molecule has 2 aromatic rings. The van der Waals surface area contributed by atoms with Crippen LogP contribution in [0.3, 0.4) is 0 Å². The fraction of sp³-hybridized carbons (Fsp3) is 0.231. The average molecular weight is 231 g/mol. The van der Waals surface area contributed by atoms with Crippen molar-refractivity contribution < 1.29 is 14.3 Å². The molecule has 0 aliphatic rings. The summed E-state index contributed by atoms with van der Waals surface area (Å²) in [6, 6.07) is 5.84. The Hall–Kier alpha value is -2.10. The molecule has 0 saturated heterocycles. The summed E-state index contributed by atoms with van der Waals surface area (Å²) in [7, 11) is 0. The predicted molar refractivity (Wildman–Crippen MR) is 63.1 cm³/mol. The van der Waals surface area contributed by atoms with Gasteiger partial charge in [-0.1, -0.05) is 18.2 Å². The van der Waals surface area contributed by atoms with Crippen molar-refractivity contribution in [2.24, 2.45) is 0 Å². The lowest BCUT2D eigenvalue weighted by molar-refractivity contribution is 0.0662. The number of hydrogen-bond acceptors (Lipinski definition) is 3. The molecule has 88 valence electrons. The Morgan fingerprint density at radius 1 is 1.24 bits per heavy atom. The fourth-order valence-corrected chi connectivity index (χ4v) is 1.85. The highest BCUT2D eigenvalue weighted by molar-refractivity contribution is 5.86. The van der Waals surface area contributed by atoms with Crippen LogP contribution in [0.1, 0.15) is 27.4 Å². The number of hydrogen-bond donors (Lipinski definition) is 1. The third-order valence-electron chi connectivity index (χ3n) is 2.69. The van der Waals surface area contributed by atoms with E-state index < -0.39 is 5.97 Å². The van der Waals surface area contributed by atoms with Crippen molar-refractivity contribution in [2.45, 2.75) is 20.8 Å². The van der Waals surface area contributed by atoms with Crippen LogP contribution in [0.25, 0.3) is 11.5 Å². The van der Waals surface area contributed by atoms with Crippen molar-refractivity contribution in [3.05, 3.63) is 40.8 Å². The van der Waals surface area contributed by atoms with Crippen LogP contribution in [0.15, 0.2) is 22.6 Å². The lowest BCUT2D eigenvalue weighted by Crippen LogP contribution is -1.95. The number of rotatable bonds is 2. The molecule has 4 heteroatoms. The quantitative estimate of drug-likeness (QED) is 0.863. The van der Waals surface area contributed by atoms with Gasteiger partial charge < -0.3 is 9.52 Å². The zero-order valence-electron chi connectivity index (χ0n) is 9.94. The molecule has 1 aromatic heterocycles. The zero-order chi connectivity index (χ0) is 12.6. The lowest BCUT2D eigenvalue weighted by Gasteiger charge is -2.04. The van der Waals surface area contributed by atoms with Gasteiger partial charge in [-0.05, 0) is 31.9 Å². The molecule has 0 amide bonds. The van der Waals surface area contributed by atoms with E-state index in [0.29, 0.717) is 11.6 Å².